The summed E-state index contributed by atoms with van der Waals surface area (Å²) in [6, 6.07) is 6.43. The average Bonchev–Trinajstić information content (AvgIpc) is 2.60. The fraction of sp³-hybridized carbons (Fsp3) is 0.435. The Morgan fingerprint density at radius 1 is 1.23 bits per heavy atom. The largest absolute Gasteiger partial charge is 0.462 e. The van der Waals surface area contributed by atoms with E-state index in [1.807, 2.05) is 6.08 Å². The Bertz CT molecular complexity index is 749. The van der Waals surface area contributed by atoms with Crippen LogP contribution in [0.3, 0.4) is 0 Å². The number of carbonyl (C=O) groups is 1. The van der Waals surface area contributed by atoms with Gasteiger partial charge in [-0.05, 0) is 68.7 Å². The zero-order valence-electron chi connectivity index (χ0n) is 16.5. The van der Waals surface area contributed by atoms with E-state index in [-0.39, 0.29) is 17.2 Å². The van der Waals surface area contributed by atoms with Crippen LogP contribution in [0.25, 0.3) is 5.83 Å². The Morgan fingerprint density at radius 3 is 2.42 bits per heavy atom. The van der Waals surface area contributed by atoms with Crippen molar-refractivity contribution in [1.29, 1.82) is 0 Å². The number of hydrogen-bond donors (Lipinski definition) is 0. The van der Waals surface area contributed by atoms with Crippen LogP contribution in [-0.2, 0) is 4.74 Å². The van der Waals surface area contributed by atoms with Crippen LogP contribution in [0, 0.1) is 5.41 Å². The first-order chi connectivity index (χ1) is 12.3. The molecule has 0 fully saturated rings. The maximum Gasteiger partial charge on any atom is 0.338 e. The fourth-order valence-electron chi connectivity index (χ4n) is 3.49. The molecule has 0 saturated carbocycles. The minimum absolute atomic E-state index is 0.136. The Hall–Kier alpha value is -2.16. The molecule has 2 nitrogen and oxygen atoms in total. The molecule has 1 aliphatic carbocycles. The number of allylic oxidation sites excluding steroid dienone is 5. The number of ether oxygens (including phenoxy) is 1. The van der Waals surface area contributed by atoms with Crippen molar-refractivity contribution in [2.24, 2.45) is 5.41 Å². The lowest BCUT2D eigenvalue weighted by Crippen LogP contribution is -2.19. The second-order valence-corrected chi connectivity index (χ2v) is 7.56. The van der Waals surface area contributed by atoms with Crippen LogP contribution in [0.1, 0.15) is 69.8 Å². The van der Waals surface area contributed by atoms with Gasteiger partial charge < -0.3 is 4.74 Å². The van der Waals surface area contributed by atoms with E-state index in [1.54, 1.807) is 38.1 Å². The molecule has 1 aromatic rings. The summed E-state index contributed by atoms with van der Waals surface area (Å²) in [4.78, 5) is 11.7. The van der Waals surface area contributed by atoms with E-state index >= 15 is 0 Å². The van der Waals surface area contributed by atoms with Gasteiger partial charge in [0.05, 0.1) is 12.2 Å². The molecule has 0 aliphatic heterocycles. The van der Waals surface area contributed by atoms with Crippen molar-refractivity contribution in [2.45, 2.75) is 53.9 Å². The van der Waals surface area contributed by atoms with Crippen molar-refractivity contribution in [2.75, 3.05) is 6.61 Å². The van der Waals surface area contributed by atoms with Gasteiger partial charge in [-0.3, -0.25) is 0 Å². The van der Waals surface area contributed by atoms with Crippen LogP contribution >= 0.6 is 0 Å². The number of rotatable bonds is 5. The van der Waals surface area contributed by atoms with E-state index in [0.717, 1.165) is 12.8 Å². The van der Waals surface area contributed by atoms with Gasteiger partial charge >= 0.3 is 5.97 Å². The minimum Gasteiger partial charge on any atom is -0.462 e. The van der Waals surface area contributed by atoms with Crippen molar-refractivity contribution in [3.63, 3.8) is 0 Å². The quantitative estimate of drug-likeness (QED) is 0.436. The van der Waals surface area contributed by atoms with Gasteiger partial charge in [-0.2, -0.15) is 0 Å². The summed E-state index contributed by atoms with van der Waals surface area (Å²) < 4.78 is 19.7. The highest BCUT2D eigenvalue weighted by molar-refractivity contribution is 5.89. The highest BCUT2D eigenvalue weighted by atomic mass is 19.1. The van der Waals surface area contributed by atoms with Crippen LogP contribution in [0.5, 0.6) is 0 Å². The summed E-state index contributed by atoms with van der Waals surface area (Å²) in [5.41, 5.74) is 4.32. The maximum atomic E-state index is 14.7. The molecule has 0 atom stereocenters. The van der Waals surface area contributed by atoms with Crippen molar-refractivity contribution in [3.05, 3.63) is 64.3 Å². The molecule has 0 spiro atoms. The minimum atomic E-state index is -0.387. The van der Waals surface area contributed by atoms with Crippen LogP contribution in [0.4, 0.5) is 4.39 Å². The lowest BCUT2D eigenvalue weighted by Gasteiger charge is -2.32. The molecular weight excluding hydrogens is 327 g/mol. The van der Waals surface area contributed by atoms with Crippen LogP contribution in [0.15, 0.2) is 53.1 Å². The van der Waals surface area contributed by atoms with Crippen LogP contribution in [0.2, 0.25) is 0 Å². The molecule has 0 aromatic heterocycles. The molecule has 140 valence electrons. The smallest absolute Gasteiger partial charge is 0.338 e. The summed E-state index contributed by atoms with van der Waals surface area (Å²) in [5, 5.41) is 0. The molecule has 2 rings (SSSR count). The molecule has 1 aromatic carbocycles. The first-order valence-corrected chi connectivity index (χ1v) is 9.28. The molecule has 0 N–H and O–H groups in total. The molecule has 1 aliphatic rings. The SMILES string of the molecule is CCOC(=O)c1ccc(/C(F)=C(C)\C=C\C2=C(C)CCCC2(C)C)cc1. The summed E-state index contributed by atoms with van der Waals surface area (Å²) >= 11 is 0. The normalized spacial score (nSPS) is 18.1. The van der Waals surface area contributed by atoms with Gasteiger partial charge in [0.15, 0.2) is 0 Å². The van der Waals surface area contributed by atoms with E-state index in [0.29, 0.717) is 23.3 Å². The Morgan fingerprint density at radius 2 is 1.85 bits per heavy atom. The molecule has 26 heavy (non-hydrogen) atoms. The Labute approximate surface area is 156 Å². The zero-order chi connectivity index (χ0) is 19.3. The number of hydrogen-bond acceptors (Lipinski definition) is 2. The predicted molar refractivity (Wildman–Crippen MR) is 106 cm³/mol. The monoisotopic (exact) mass is 356 g/mol. The molecular formula is C23H29FO2. The Kier molecular flexibility index (Phi) is 6.57. The van der Waals surface area contributed by atoms with E-state index in [4.69, 9.17) is 4.74 Å². The summed E-state index contributed by atoms with van der Waals surface area (Å²) in [7, 11) is 0. The number of benzene rings is 1. The lowest BCUT2D eigenvalue weighted by atomic mass is 9.72. The maximum absolute atomic E-state index is 14.7. The Balaban J connectivity index is 2.22. The molecule has 0 heterocycles. The molecule has 0 amide bonds. The van der Waals surface area contributed by atoms with Crippen LogP contribution in [-0.4, -0.2) is 12.6 Å². The first kappa shape index (κ1) is 20.2. The third-order valence-electron chi connectivity index (χ3n) is 5.04. The van der Waals surface area contributed by atoms with E-state index < -0.39 is 0 Å². The van der Waals surface area contributed by atoms with Crippen molar-refractivity contribution in [3.8, 4) is 0 Å². The van der Waals surface area contributed by atoms with Gasteiger partial charge in [-0.15, -0.1) is 0 Å². The highest BCUT2D eigenvalue weighted by Crippen LogP contribution is 2.41. The third-order valence-corrected chi connectivity index (χ3v) is 5.04. The second-order valence-electron chi connectivity index (χ2n) is 7.56. The number of halogens is 1. The average molecular weight is 356 g/mol. The molecule has 0 unspecified atom stereocenters. The van der Waals surface area contributed by atoms with Gasteiger partial charge in [0, 0.05) is 5.56 Å². The van der Waals surface area contributed by atoms with Crippen LogP contribution < -0.4 is 0 Å². The van der Waals surface area contributed by atoms with E-state index in [1.165, 1.54) is 17.6 Å². The summed E-state index contributed by atoms with van der Waals surface area (Å²) in [6.07, 6.45) is 7.41. The van der Waals surface area contributed by atoms with Gasteiger partial charge in [-0.1, -0.05) is 43.7 Å². The van der Waals surface area contributed by atoms with Gasteiger partial charge in [-0.25, -0.2) is 9.18 Å². The molecule has 3 heteroatoms. The fourth-order valence-corrected chi connectivity index (χ4v) is 3.49. The predicted octanol–water partition coefficient (Wildman–Crippen LogP) is 6.65. The van der Waals surface area contributed by atoms with Gasteiger partial charge in [0.25, 0.3) is 0 Å². The molecule has 0 bridgehead atoms. The summed E-state index contributed by atoms with van der Waals surface area (Å²) in [6.45, 7) is 10.5. The van der Waals surface area contributed by atoms with E-state index in [9.17, 15) is 9.18 Å². The standard InChI is InChI=1S/C23H29FO2/c1-6-26-22(25)19-12-10-18(11-13-19)21(24)17(3)9-14-20-16(2)8-7-15-23(20,4)5/h9-14H,6-8,15H2,1-5H3/b14-9+,21-17+. The number of carbonyl (C=O) groups excluding carboxylic acids is 1. The van der Waals surface area contributed by atoms with Crippen molar-refractivity contribution < 1.29 is 13.9 Å². The van der Waals surface area contributed by atoms with Gasteiger partial charge in [0.2, 0.25) is 0 Å². The highest BCUT2D eigenvalue weighted by Gasteiger charge is 2.26. The first-order valence-electron chi connectivity index (χ1n) is 9.28. The van der Waals surface area contributed by atoms with Crippen molar-refractivity contribution >= 4 is 11.8 Å². The topological polar surface area (TPSA) is 26.3 Å². The van der Waals surface area contributed by atoms with E-state index in [2.05, 4.69) is 26.8 Å². The molecule has 0 saturated heterocycles. The number of esters is 1. The zero-order valence-corrected chi connectivity index (χ0v) is 16.5. The summed E-state index contributed by atoms with van der Waals surface area (Å²) in [5.74, 6) is -0.662. The van der Waals surface area contributed by atoms with Gasteiger partial charge in [0.1, 0.15) is 5.83 Å². The lowest BCUT2D eigenvalue weighted by molar-refractivity contribution is 0.0526. The second kappa shape index (κ2) is 8.48. The third kappa shape index (κ3) is 4.72. The molecule has 0 radical (unpaired) electrons. The van der Waals surface area contributed by atoms with Crippen molar-refractivity contribution in [1.82, 2.24) is 0 Å².